The second-order valence-electron chi connectivity index (χ2n) is 5.74. The van der Waals surface area contributed by atoms with Crippen molar-refractivity contribution in [3.8, 4) is 0 Å². The highest BCUT2D eigenvalue weighted by molar-refractivity contribution is 5.80. The molecule has 0 aliphatic carbocycles. The topological polar surface area (TPSA) is 73.3 Å². The molecule has 2 heterocycles. The molecule has 3 aromatic rings. The second-order valence-corrected chi connectivity index (χ2v) is 5.74. The van der Waals surface area contributed by atoms with Crippen LogP contribution in [0.4, 0.5) is 0 Å². The van der Waals surface area contributed by atoms with Gasteiger partial charge in [-0.2, -0.15) is 0 Å². The van der Waals surface area contributed by atoms with Gasteiger partial charge in [0.05, 0.1) is 23.9 Å². The molecule has 2 aromatic carbocycles. The van der Waals surface area contributed by atoms with Crippen LogP contribution < -0.4 is 11.1 Å². The smallest absolute Gasteiger partial charge is 0.273 e. The number of nitrogens with one attached hydrogen (secondary N) is 1. The molecule has 0 saturated carbocycles. The van der Waals surface area contributed by atoms with Crippen LogP contribution in [0.3, 0.4) is 0 Å². The average Bonchev–Trinajstić information content (AvgIpc) is 3.09. The molecule has 2 atom stereocenters. The monoisotopic (exact) mass is 324 g/mol. The summed E-state index contributed by atoms with van der Waals surface area (Å²) in [5.74, 6) is 0. The van der Waals surface area contributed by atoms with E-state index in [1.807, 2.05) is 30.3 Å². The van der Waals surface area contributed by atoms with Gasteiger partial charge in [0.2, 0.25) is 0 Å². The summed E-state index contributed by atoms with van der Waals surface area (Å²) < 4.78 is 12.8. The summed E-state index contributed by atoms with van der Waals surface area (Å²) in [6, 6.07) is 16.4. The van der Waals surface area contributed by atoms with Crippen molar-refractivity contribution < 1.29 is 9.47 Å². The Hall–Kier alpha value is -2.70. The zero-order chi connectivity index (χ0) is 16.5. The molecule has 0 unspecified atom stereocenters. The van der Waals surface area contributed by atoms with E-state index in [0.29, 0.717) is 17.4 Å². The maximum atomic E-state index is 12.5. The third-order valence-corrected chi connectivity index (χ3v) is 4.09. The lowest BCUT2D eigenvalue weighted by Crippen LogP contribution is -2.34. The van der Waals surface area contributed by atoms with Crippen LogP contribution in [0.15, 0.2) is 64.2 Å². The summed E-state index contributed by atoms with van der Waals surface area (Å²) in [5.41, 5.74) is 0.403. The average molecular weight is 324 g/mol. The molecule has 0 bridgehead atoms. The van der Waals surface area contributed by atoms with Crippen LogP contribution in [0.1, 0.15) is 11.9 Å². The summed E-state index contributed by atoms with van der Waals surface area (Å²) in [5, 5.41) is 3.41. The van der Waals surface area contributed by atoms with E-state index in [9.17, 15) is 9.59 Å². The summed E-state index contributed by atoms with van der Waals surface area (Å²) in [6.45, 7) is 0.600. The number of ether oxygens (including phenoxy) is 2. The third-order valence-electron chi connectivity index (χ3n) is 4.09. The Morgan fingerprint density at radius 2 is 1.71 bits per heavy atom. The van der Waals surface area contributed by atoms with Crippen LogP contribution in [-0.4, -0.2) is 22.5 Å². The van der Waals surface area contributed by atoms with E-state index in [0.717, 1.165) is 5.56 Å². The first-order valence-corrected chi connectivity index (χ1v) is 7.76. The molecule has 122 valence electrons. The van der Waals surface area contributed by atoms with Crippen LogP contribution in [0.2, 0.25) is 0 Å². The van der Waals surface area contributed by atoms with Gasteiger partial charge in [-0.3, -0.25) is 14.7 Å². The molecule has 4 rings (SSSR count). The normalized spacial score (nSPS) is 20.5. The van der Waals surface area contributed by atoms with Gasteiger partial charge in [0.25, 0.3) is 11.1 Å². The maximum absolute atomic E-state index is 12.5. The van der Waals surface area contributed by atoms with Gasteiger partial charge in [0, 0.05) is 5.56 Å². The standard InChI is InChI=1S/C18H16N2O4/c21-16-14-8-4-5-9-15(14)17(22)20(19-16)10-13-11-23-18(24-13)12-6-2-1-3-7-12/h1-9,13,18H,10-11H2,(H,19,21)/t13-,18-/m0/s1. The minimum atomic E-state index is -0.445. The van der Waals surface area contributed by atoms with Gasteiger partial charge in [-0.15, -0.1) is 0 Å². The highest BCUT2D eigenvalue weighted by atomic mass is 16.7. The van der Waals surface area contributed by atoms with Crippen LogP contribution in [0.5, 0.6) is 0 Å². The molecule has 0 radical (unpaired) electrons. The Kier molecular flexibility index (Phi) is 3.76. The SMILES string of the molecule is O=c1[nH]n(C[C@H]2CO[C@H](c3ccccc3)O2)c(=O)c2ccccc12. The van der Waals surface area contributed by atoms with Gasteiger partial charge in [-0.25, -0.2) is 4.68 Å². The number of fused-ring (bicyclic) bond motifs is 1. The Balaban J connectivity index is 1.59. The first-order chi connectivity index (χ1) is 11.7. The van der Waals surface area contributed by atoms with Crippen molar-refractivity contribution in [2.45, 2.75) is 18.9 Å². The highest BCUT2D eigenvalue weighted by Crippen LogP contribution is 2.26. The quantitative estimate of drug-likeness (QED) is 0.797. The fourth-order valence-electron chi connectivity index (χ4n) is 2.91. The lowest BCUT2D eigenvalue weighted by Gasteiger charge is -2.13. The van der Waals surface area contributed by atoms with Gasteiger partial charge < -0.3 is 9.47 Å². The lowest BCUT2D eigenvalue weighted by molar-refractivity contribution is -0.0629. The number of hydrogen-bond donors (Lipinski definition) is 1. The van der Waals surface area contributed by atoms with Crippen molar-refractivity contribution in [1.82, 2.24) is 9.78 Å². The predicted molar refractivity (Wildman–Crippen MR) is 88.8 cm³/mol. The van der Waals surface area contributed by atoms with Crippen molar-refractivity contribution in [2.75, 3.05) is 6.61 Å². The molecule has 1 N–H and O–H groups in total. The van der Waals surface area contributed by atoms with Gasteiger partial charge in [0.15, 0.2) is 6.29 Å². The Morgan fingerprint density at radius 3 is 2.50 bits per heavy atom. The molecule has 0 spiro atoms. The van der Waals surface area contributed by atoms with Crippen LogP contribution >= 0.6 is 0 Å². The maximum Gasteiger partial charge on any atom is 0.273 e. The molecule has 1 saturated heterocycles. The van der Waals surface area contributed by atoms with Crippen LogP contribution in [0.25, 0.3) is 10.8 Å². The van der Waals surface area contributed by atoms with Crippen molar-refractivity contribution in [3.63, 3.8) is 0 Å². The van der Waals surface area contributed by atoms with E-state index in [-0.39, 0.29) is 23.8 Å². The van der Waals surface area contributed by atoms with E-state index in [4.69, 9.17) is 9.47 Å². The highest BCUT2D eigenvalue weighted by Gasteiger charge is 2.28. The first-order valence-electron chi connectivity index (χ1n) is 7.76. The van der Waals surface area contributed by atoms with Crippen molar-refractivity contribution in [3.05, 3.63) is 80.9 Å². The number of hydrogen-bond acceptors (Lipinski definition) is 4. The molecule has 24 heavy (non-hydrogen) atoms. The van der Waals surface area contributed by atoms with Gasteiger partial charge >= 0.3 is 0 Å². The summed E-state index contributed by atoms with van der Waals surface area (Å²) in [6.07, 6.45) is -0.746. The molecule has 1 aliphatic heterocycles. The van der Waals surface area contributed by atoms with E-state index in [2.05, 4.69) is 5.10 Å². The lowest BCUT2D eigenvalue weighted by atomic mass is 10.2. The van der Waals surface area contributed by atoms with E-state index < -0.39 is 6.29 Å². The fraction of sp³-hybridized carbons (Fsp3) is 0.222. The largest absolute Gasteiger partial charge is 0.346 e. The minimum Gasteiger partial charge on any atom is -0.346 e. The number of nitrogens with zero attached hydrogens (tertiary/aromatic N) is 1. The number of benzene rings is 2. The summed E-state index contributed by atoms with van der Waals surface area (Å²) in [7, 11) is 0. The van der Waals surface area contributed by atoms with Crippen molar-refractivity contribution >= 4 is 10.8 Å². The van der Waals surface area contributed by atoms with Gasteiger partial charge in [-0.1, -0.05) is 42.5 Å². The second kappa shape index (κ2) is 6.07. The summed E-state index contributed by atoms with van der Waals surface area (Å²) in [4.78, 5) is 24.6. The molecule has 1 fully saturated rings. The molecule has 1 aliphatic rings. The molecule has 6 heteroatoms. The van der Waals surface area contributed by atoms with Gasteiger partial charge in [0.1, 0.15) is 6.10 Å². The zero-order valence-corrected chi connectivity index (χ0v) is 12.8. The Labute approximate surface area is 137 Å². The van der Waals surface area contributed by atoms with Crippen LogP contribution in [-0.2, 0) is 16.0 Å². The number of aromatic nitrogens is 2. The fourth-order valence-corrected chi connectivity index (χ4v) is 2.91. The molecular weight excluding hydrogens is 308 g/mol. The van der Waals surface area contributed by atoms with E-state index in [1.165, 1.54) is 4.68 Å². The van der Waals surface area contributed by atoms with Gasteiger partial charge in [-0.05, 0) is 12.1 Å². The Bertz CT molecular complexity index is 977. The predicted octanol–water partition coefficient (Wildman–Crippen LogP) is 1.80. The first kappa shape index (κ1) is 14.9. The van der Waals surface area contributed by atoms with E-state index in [1.54, 1.807) is 24.3 Å². The molecule has 6 nitrogen and oxygen atoms in total. The molecule has 1 aromatic heterocycles. The van der Waals surface area contributed by atoms with Crippen molar-refractivity contribution in [2.24, 2.45) is 0 Å². The zero-order valence-electron chi connectivity index (χ0n) is 12.8. The minimum absolute atomic E-state index is 0.238. The summed E-state index contributed by atoms with van der Waals surface area (Å²) >= 11 is 0. The molecular formula is C18H16N2O4. The van der Waals surface area contributed by atoms with E-state index >= 15 is 0 Å². The number of aromatic amines is 1. The third kappa shape index (κ3) is 2.66. The number of rotatable bonds is 3. The number of H-pyrrole nitrogens is 1. The Morgan fingerprint density at radius 1 is 1.00 bits per heavy atom. The van der Waals surface area contributed by atoms with Crippen molar-refractivity contribution in [1.29, 1.82) is 0 Å². The molecule has 0 amide bonds. The van der Waals surface area contributed by atoms with Crippen LogP contribution in [0, 0.1) is 0 Å².